The number of hydrogen-bond acceptors (Lipinski definition) is 4. The average Bonchev–Trinajstić information content (AvgIpc) is 2.61. The molecule has 1 aromatic heterocycles. The number of aromatic nitrogens is 2. The minimum atomic E-state index is -0.455. The number of ether oxygens (including phenoxy) is 2. The highest BCUT2D eigenvalue weighted by atomic mass is 35.5. The van der Waals surface area contributed by atoms with Gasteiger partial charge in [0.15, 0.2) is 5.56 Å². The summed E-state index contributed by atoms with van der Waals surface area (Å²) in [5.41, 5.74) is 5.24. The van der Waals surface area contributed by atoms with E-state index in [1.165, 1.54) is 11.1 Å². The second-order valence-electron chi connectivity index (χ2n) is 6.00. The first-order valence-corrected chi connectivity index (χ1v) is 9.25. The van der Waals surface area contributed by atoms with Gasteiger partial charge in [-0.1, -0.05) is 24.6 Å². The third kappa shape index (κ3) is 5.41. The Labute approximate surface area is 155 Å². The summed E-state index contributed by atoms with van der Waals surface area (Å²) in [5.74, 6) is 0.826. The molecule has 5 heteroatoms. The zero-order valence-corrected chi connectivity index (χ0v) is 16.3. The fourth-order valence-electron chi connectivity index (χ4n) is 2.80. The Morgan fingerprint density at radius 3 is 2.64 bits per heavy atom. The Morgan fingerprint density at radius 1 is 1.12 bits per heavy atom. The molecular formula is C20H27ClN2O2. The monoisotopic (exact) mass is 362 g/mol. The van der Waals surface area contributed by atoms with Crippen molar-refractivity contribution < 1.29 is 9.47 Å². The maximum absolute atomic E-state index is 6.45. The van der Waals surface area contributed by atoms with Crippen LogP contribution in [-0.2, 0) is 24.0 Å². The minimum absolute atomic E-state index is 0.455. The van der Waals surface area contributed by atoms with Gasteiger partial charge in [0.1, 0.15) is 12.1 Å². The van der Waals surface area contributed by atoms with E-state index in [0.717, 1.165) is 48.6 Å². The predicted molar refractivity (Wildman–Crippen MR) is 101 cm³/mol. The molecule has 1 atom stereocenters. The molecule has 2 aromatic rings. The lowest BCUT2D eigenvalue weighted by atomic mass is 10.0. The third-order valence-electron chi connectivity index (χ3n) is 4.42. The SMILES string of the molecule is CCOCCc1ccc(OC(Cl)Cc2cncnc2CC)c(C)c1C. The van der Waals surface area contributed by atoms with Gasteiger partial charge in [-0.3, -0.25) is 0 Å². The van der Waals surface area contributed by atoms with Crippen LogP contribution in [0.2, 0.25) is 0 Å². The third-order valence-corrected chi connectivity index (χ3v) is 4.66. The zero-order chi connectivity index (χ0) is 18.2. The molecule has 1 aromatic carbocycles. The molecule has 0 N–H and O–H groups in total. The van der Waals surface area contributed by atoms with Crippen LogP contribution in [0.15, 0.2) is 24.7 Å². The van der Waals surface area contributed by atoms with E-state index in [1.807, 2.05) is 19.2 Å². The van der Waals surface area contributed by atoms with Crippen molar-refractivity contribution in [3.8, 4) is 5.75 Å². The maximum atomic E-state index is 6.45. The van der Waals surface area contributed by atoms with Crippen LogP contribution in [0.5, 0.6) is 5.75 Å². The van der Waals surface area contributed by atoms with E-state index in [4.69, 9.17) is 21.1 Å². The standard InChI is InChI=1S/C20H27ClN2O2/c1-5-18-17(12-22-13-23-18)11-20(21)25-19-8-7-16(9-10-24-6-2)14(3)15(19)4/h7-8,12-13,20H,5-6,9-11H2,1-4H3. The normalized spacial score (nSPS) is 12.2. The fraction of sp³-hybridized carbons (Fsp3) is 0.500. The molecule has 2 rings (SSSR count). The Kier molecular flexibility index (Phi) is 7.66. The number of hydrogen-bond donors (Lipinski definition) is 0. The van der Waals surface area contributed by atoms with Crippen LogP contribution < -0.4 is 4.74 Å². The van der Waals surface area contributed by atoms with Gasteiger partial charge in [-0.05, 0) is 61.9 Å². The van der Waals surface area contributed by atoms with Crippen LogP contribution in [0, 0.1) is 13.8 Å². The highest BCUT2D eigenvalue weighted by Crippen LogP contribution is 2.27. The lowest BCUT2D eigenvalue weighted by molar-refractivity contribution is 0.151. The Morgan fingerprint density at radius 2 is 1.92 bits per heavy atom. The molecule has 25 heavy (non-hydrogen) atoms. The van der Waals surface area contributed by atoms with Crippen molar-refractivity contribution in [3.63, 3.8) is 0 Å². The molecule has 0 aliphatic rings. The average molecular weight is 363 g/mol. The minimum Gasteiger partial charge on any atom is -0.474 e. The number of rotatable bonds is 9. The molecule has 136 valence electrons. The van der Waals surface area contributed by atoms with Gasteiger partial charge in [-0.2, -0.15) is 0 Å². The topological polar surface area (TPSA) is 44.2 Å². The fourth-order valence-corrected chi connectivity index (χ4v) is 3.06. The number of nitrogens with zero attached hydrogens (tertiary/aromatic N) is 2. The van der Waals surface area contributed by atoms with E-state index in [2.05, 4.69) is 36.8 Å². The summed E-state index contributed by atoms with van der Waals surface area (Å²) in [6.07, 6.45) is 5.73. The number of benzene rings is 1. The first-order valence-electron chi connectivity index (χ1n) is 8.82. The van der Waals surface area contributed by atoms with Crippen molar-refractivity contribution in [2.45, 2.75) is 52.5 Å². The lowest BCUT2D eigenvalue weighted by Gasteiger charge is -2.18. The Hall–Kier alpha value is -1.65. The van der Waals surface area contributed by atoms with Crippen molar-refractivity contribution in [1.82, 2.24) is 9.97 Å². The summed E-state index contributed by atoms with van der Waals surface area (Å²) >= 11 is 6.45. The number of halogens is 1. The molecule has 0 spiro atoms. The van der Waals surface area contributed by atoms with Gasteiger partial charge in [0.2, 0.25) is 0 Å². The zero-order valence-electron chi connectivity index (χ0n) is 15.5. The van der Waals surface area contributed by atoms with Crippen LogP contribution in [0.3, 0.4) is 0 Å². The molecule has 1 heterocycles. The molecule has 4 nitrogen and oxygen atoms in total. The van der Waals surface area contributed by atoms with Crippen molar-refractivity contribution in [1.29, 1.82) is 0 Å². The van der Waals surface area contributed by atoms with E-state index < -0.39 is 5.56 Å². The van der Waals surface area contributed by atoms with E-state index in [0.29, 0.717) is 6.42 Å². The van der Waals surface area contributed by atoms with E-state index in [1.54, 1.807) is 6.33 Å². The molecule has 1 unspecified atom stereocenters. The van der Waals surface area contributed by atoms with Gasteiger partial charge in [0.05, 0.1) is 6.61 Å². The van der Waals surface area contributed by atoms with E-state index in [-0.39, 0.29) is 0 Å². The number of alkyl halides is 1. The van der Waals surface area contributed by atoms with Crippen molar-refractivity contribution in [3.05, 3.63) is 52.6 Å². The number of aryl methyl sites for hydroxylation is 1. The summed E-state index contributed by atoms with van der Waals surface area (Å²) in [6.45, 7) is 9.76. The van der Waals surface area contributed by atoms with Crippen molar-refractivity contribution in [2.24, 2.45) is 0 Å². The van der Waals surface area contributed by atoms with Crippen LogP contribution >= 0.6 is 11.6 Å². The molecule has 0 aliphatic heterocycles. The summed E-state index contributed by atoms with van der Waals surface area (Å²) in [4.78, 5) is 8.39. The Balaban J connectivity index is 2.05. The van der Waals surface area contributed by atoms with Gasteiger partial charge >= 0.3 is 0 Å². The second-order valence-corrected chi connectivity index (χ2v) is 6.49. The van der Waals surface area contributed by atoms with Crippen LogP contribution in [0.4, 0.5) is 0 Å². The summed E-state index contributed by atoms with van der Waals surface area (Å²) < 4.78 is 11.4. The highest BCUT2D eigenvalue weighted by Gasteiger charge is 2.14. The lowest BCUT2D eigenvalue weighted by Crippen LogP contribution is -2.15. The molecule has 0 saturated heterocycles. The van der Waals surface area contributed by atoms with E-state index >= 15 is 0 Å². The van der Waals surface area contributed by atoms with Gasteiger partial charge in [0, 0.05) is 24.9 Å². The second kappa shape index (κ2) is 9.73. The van der Waals surface area contributed by atoms with Gasteiger partial charge in [-0.15, -0.1) is 0 Å². The first-order chi connectivity index (χ1) is 12.1. The van der Waals surface area contributed by atoms with E-state index in [9.17, 15) is 0 Å². The molecule has 0 bridgehead atoms. The van der Waals surface area contributed by atoms with Crippen molar-refractivity contribution in [2.75, 3.05) is 13.2 Å². The van der Waals surface area contributed by atoms with Crippen LogP contribution in [0.25, 0.3) is 0 Å². The summed E-state index contributed by atoms with van der Waals surface area (Å²) in [7, 11) is 0. The van der Waals surface area contributed by atoms with Crippen LogP contribution in [-0.4, -0.2) is 28.7 Å². The molecule has 0 amide bonds. The largest absolute Gasteiger partial charge is 0.474 e. The van der Waals surface area contributed by atoms with Gasteiger partial charge in [-0.25, -0.2) is 9.97 Å². The Bertz CT molecular complexity index is 691. The van der Waals surface area contributed by atoms with Crippen LogP contribution in [0.1, 0.15) is 41.8 Å². The highest BCUT2D eigenvalue weighted by molar-refractivity contribution is 6.20. The molecule has 0 saturated carbocycles. The first kappa shape index (κ1) is 19.7. The molecule has 0 fully saturated rings. The quantitative estimate of drug-likeness (QED) is 0.489. The predicted octanol–water partition coefficient (Wildman–Crippen LogP) is 4.42. The summed E-state index contributed by atoms with van der Waals surface area (Å²) in [5, 5.41) is 0. The van der Waals surface area contributed by atoms with Gasteiger partial charge < -0.3 is 9.47 Å². The smallest absolute Gasteiger partial charge is 0.176 e. The molecule has 0 aliphatic carbocycles. The molecular weight excluding hydrogens is 336 g/mol. The van der Waals surface area contributed by atoms with Gasteiger partial charge in [0.25, 0.3) is 0 Å². The summed E-state index contributed by atoms with van der Waals surface area (Å²) in [6, 6.07) is 4.10. The molecule has 0 radical (unpaired) electrons. The van der Waals surface area contributed by atoms with Crippen molar-refractivity contribution >= 4 is 11.6 Å². The maximum Gasteiger partial charge on any atom is 0.176 e.